The van der Waals surface area contributed by atoms with E-state index in [4.69, 9.17) is 4.74 Å². The van der Waals surface area contributed by atoms with Gasteiger partial charge in [0, 0.05) is 13.2 Å². The molecule has 2 nitrogen and oxygen atoms in total. The molecular formula is C16H25NO. The summed E-state index contributed by atoms with van der Waals surface area (Å²) >= 11 is 0. The van der Waals surface area contributed by atoms with Crippen molar-refractivity contribution in [2.45, 2.75) is 44.6 Å². The molecule has 2 rings (SSSR count). The van der Waals surface area contributed by atoms with Crippen LogP contribution in [0.4, 0.5) is 0 Å². The van der Waals surface area contributed by atoms with Crippen LogP contribution in [-0.2, 0) is 4.74 Å². The van der Waals surface area contributed by atoms with Gasteiger partial charge in [-0.2, -0.15) is 0 Å². The molecule has 1 N–H and O–H groups in total. The first kappa shape index (κ1) is 13.6. The Morgan fingerprint density at radius 2 is 2.17 bits per heavy atom. The summed E-state index contributed by atoms with van der Waals surface area (Å²) in [6.07, 6.45) is 5.28. The smallest absolute Gasteiger partial charge is 0.0582 e. The molecule has 1 aromatic carbocycles. The van der Waals surface area contributed by atoms with Crippen molar-refractivity contribution in [3.05, 3.63) is 35.9 Å². The van der Waals surface area contributed by atoms with Crippen LogP contribution in [0.25, 0.3) is 0 Å². The number of rotatable bonds is 7. The van der Waals surface area contributed by atoms with Crippen LogP contribution in [0.1, 0.15) is 44.1 Å². The molecule has 2 atom stereocenters. The highest BCUT2D eigenvalue weighted by molar-refractivity contribution is 5.20. The van der Waals surface area contributed by atoms with Gasteiger partial charge in [0.25, 0.3) is 0 Å². The van der Waals surface area contributed by atoms with Gasteiger partial charge in [-0.1, -0.05) is 37.3 Å². The van der Waals surface area contributed by atoms with E-state index in [9.17, 15) is 0 Å². The van der Waals surface area contributed by atoms with E-state index >= 15 is 0 Å². The molecule has 2 unspecified atom stereocenters. The molecule has 0 spiro atoms. The van der Waals surface area contributed by atoms with E-state index in [-0.39, 0.29) is 0 Å². The first-order valence-corrected chi connectivity index (χ1v) is 7.27. The molecule has 0 amide bonds. The molecule has 1 aromatic rings. The van der Waals surface area contributed by atoms with Crippen LogP contribution < -0.4 is 5.32 Å². The highest BCUT2D eigenvalue weighted by Crippen LogP contribution is 2.26. The van der Waals surface area contributed by atoms with Gasteiger partial charge < -0.3 is 10.1 Å². The minimum atomic E-state index is 0.471. The van der Waals surface area contributed by atoms with E-state index in [1.165, 1.54) is 24.8 Å². The number of hydrogen-bond donors (Lipinski definition) is 1. The summed E-state index contributed by atoms with van der Waals surface area (Å²) in [7, 11) is 0. The van der Waals surface area contributed by atoms with Crippen molar-refractivity contribution >= 4 is 0 Å². The van der Waals surface area contributed by atoms with Crippen LogP contribution in [0.2, 0.25) is 0 Å². The Kier molecular flexibility index (Phi) is 5.69. The van der Waals surface area contributed by atoms with Crippen molar-refractivity contribution in [3.8, 4) is 0 Å². The van der Waals surface area contributed by atoms with Gasteiger partial charge in [0.15, 0.2) is 0 Å². The topological polar surface area (TPSA) is 21.3 Å². The first-order valence-electron chi connectivity index (χ1n) is 7.27. The molecular weight excluding hydrogens is 222 g/mol. The zero-order chi connectivity index (χ0) is 12.6. The van der Waals surface area contributed by atoms with Gasteiger partial charge in [-0.05, 0) is 43.7 Å². The fourth-order valence-corrected chi connectivity index (χ4v) is 2.66. The van der Waals surface area contributed by atoms with Crippen LogP contribution >= 0.6 is 0 Å². The molecule has 1 aliphatic heterocycles. The van der Waals surface area contributed by atoms with Crippen molar-refractivity contribution in [3.63, 3.8) is 0 Å². The van der Waals surface area contributed by atoms with Gasteiger partial charge in [0.1, 0.15) is 0 Å². The Hall–Kier alpha value is -0.860. The van der Waals surface area contributed by atoms with Crippen LogP contribution in [-0.4, -0.2) is 25.8 Å². The quantitative estimate of drug-likeness (QED) is 0.746. The molecule has 0 aromatic heterocycles. The second-order valence-corrected chi connectivity index (χ2v) is 5.18. The van der Waals surface area contributed by atoms with Crippen molar-refractivity contribution in [1.82, 2.24) is 5.32 Å². The summed E-state index contributed by atoms with van der Waals surface area (Å²) in [4.78, 5) is 0. The van der Waals surface area contributed by atoms with Crippen LogP contribution in [0.3, 0.4) is 0 Å². The van der Waals surface area contributed by atoms with Gasteiger partial charge in [-0.15, -0.1) is 0 Å². The van der Waals surface area contributed by atoms with E-state index < -0.39 is 0 Å². The maximum absolute atomic E-state index is 5.78. The van der Waals surface area contributed by atoms with Gasteiger partial charge in [-0.25, -0.2) is 0 Å². The van der Waals surface area contributed by atoms with Gasteiger partial charge in [0.05, 0.1) is 6.10 Å². The van der Waals surface area contributed by atoms with Crippen molar-refractivity contribution < 1.29 is 4.74 Å². The Morgan fingerprint density at radius 3 is 2.83 bits per heavy atom. The Morgan fingerprint density at radius 1 is 1.33 bits per heavy atom. The number of hydrogen-bond acceptors (Lipinski definition) is 2. The standard InChI is InChI=1S/C16H25NO/c1-2-10-17-13-15(12-16-9-6-11-18-16)14-7-4-3-5-8-14/h3-5,7-8,15-17H,2,6,9-13H2,1H3. The lowest BCUT2D eigenvalue weighted by molar-refractivity contribution is 0.0977. The van der Waals surface area contributed by atoms with Crippen LogP contribution in [0.15, 0.2) is 30.3 Å². The summed E-state index contributed by atoms with van der Waals surface area (Å²) < 4.78 is 5.78. The average Bonchev–Trinajstić information content (AvgIpc) is 2.92. The minimum absolute atomic E-state index is 0.471. The molecule has 1 aliphatic rings. The fourth-order valence-electron chi connectivity index (χ4n) is 2.66. The molecule has 100 valence electrons. The summed E-state index contributed by atoms with van der Waals surface area (Å²) in [5.74, 6) is 0.584. The monoisotopic (exact) mass is 247 g/mol. The number of benzene rings is 1. The maximum atomic E-state index is 5.78. The van der Waals surface area contributed by atoms with E-state index in [1.54, 1.807) is 0 Å². The Bertz CT molecular complexity index is 319. The van der Waals surface area contributed by atoms with Crippen molar-refractivity contribution in [2.24, 2.45) is 0 Å². The van der Waals surface area contributed by atoms with Crippen molar-refractivity contribution in [1.29, 1.82) is 0 Å². The summed E-state index contributed by atoms with van der Waals surface area (Å²) in [5.41, 5.74) is 1.44. The Labute approximate surface area is 111 Å². The lowest BCUT2D eigenvalue weighted by atomic mass is 9.92. The largest absolute Gasteiger partial charge is 0.378 e. The second kappa shape index (κ2) is 7.55. The van der Waals surface area contributed by atoms with E-state index in [2.05, 4.69) is 42.6 Å². The number of nitrogens with one attached hydrogen (secondary N) is 1. The molecule has 2 heteroatoms. The molecule has 1 saturated heterocycles. The zero-order valence-electron chi connectivity index (χ0n) is 11.4. The summed E-state index contributed by atoms with van der Waals surface area (Å²) in [6.45, 7) is 5.34. The second-order valence-electron chi connectivity index (χ2n) is 5.18. The van der Waals surface area contributed by atoms with E-state index in [0.717, 1.165) is 26.1 Å². The van der Waals surface area contributed by atoms with Gasteiger partial charge in [0.2, 0.25) is 0 Å². The molecule has 0 aliphatic carbocycles. The maximum Gasteiger partial charge on any atom is 0.0582 e. The first-order chi connectivity index (χ1) is 8.90. The highest BCUT2D eigenvalue weighted by atomic mass is 16.5. The molecule has 18 heavy (non-hydrogen) atoms. The molecule has 1 heterocycles. The predicted molar refractivity (Wildman–Crippen MR) is 75.9 cm³/mol. The summed E-state index contributed by atoms with van der Waals surface area (Å²) in [6, 6.07) is 10.8. The lowest BCUT2D eigenvalue weighted by Gasteiger charge is -2.21. The third kappa shape index (κ3) is 4.11. The zero-order valence-corrected chi connectivity index (χ0v) is 11.4. The predicted octanol–water partition coefficient (Wildman–Crippen LogP) is 3.34. The number of ether oxygens (including phenoxy) is 1. The van der Waals surface area contributed by atoms with Crippen molar-refractivity contribution in [2.75, 3.05) is 19.7 Å². The highest BCUT2D eigenvalue weighted by Gasteiger charge is 2.21. The molecule has 1 fully saturated rings. The third-order valence-electron chi connectivity index (χ3n) is 3.66. The van der Waals surface area contributed by atoms with Gasteiger partial charge >= 0.3 is 0 Å². The van der Waals surface area contributed by atoms with E-state index in [1.807, 2.05) is 0 Å². The fraction of sp³-hybridized carbons (Fsp3) is 0.625. The molecule has 0 saturated carbocycles. The van der Waals surface area contributed by atoms with E-state index in [0.29, 0.717) is 12.0 Å². The van der Waals surface area contributed by atoms with Crippen LogP contribution in [0, 0.1) is 0 Å². The molecule has 0 radical (unpaired) electrons. The normalized spacial score (nSPS) is 21.1. The summed E-state index contributed by atoms with van der Waals surface area (Å²) in [5, 5.41) is 3.55. The van der Waals surface area contributed by atoms with Crippen LogP contribution in [0.5, 0.6) is 0 Å². The van der Waals surface area contributed by atoms with Gasteiger partial charge in [-0.3, -0.25) is 0 Å². The Balaban J connectivity index is 1.93. The minimum Gasteiger partial charge on any atom is -0.378 e. The molecule has 0 bridgehead atoms. The third-order valence-corrected chi connectivity index (χ3v) is 3.66. The average molecular weight is 247 g/mol. The lowest BCUT2D eigenvalue weighted by Crippen LogP contribution is -2.25. The SMILES string of the molecule is CCCNCC(CC1CCCO1)c1ccccc1.